The number of halogens is 1. The SMILES string of the molecule is COc1ccc2c(O[C@@H]3C[C@H]4C(=O)N[C@]5(C(=O)NS(=O)(=O)C6(C)CC6)C[C@H]5/C=C\CC[C@@H](C)C[C@@H](C)[C@H](NC(=O)OCC5(C)CC5)C(=O)N4C3)nc(-c3ccc(F)cc3)cc2c1. The van der Waals surface area contributed by atoms with Gasteiger partial charge in [0.15, 0.2) is 0 Å². The van der Waals surface area contributed by atoms with Gasteiger partial charge in [0.2, 0.25) is 27.7 Å². The summed E-state index contributed by atoms with van der Waals surface area (Å²) in [7, 11) is -2.48. The van der Waals surface area contributed by atoms with Crippen LogP contribution in [0.25, 0.3) is 22.0 Å². The molecule has 0 radical (unpaired) electrons. The molecule has 3 saturated carbocycles. The number of hydrogen-bond acceptors (Lipinski definition) is 10. The first-order chi connectivity index (χ1) is 29.4. The van der Waals surface area contributed by atoms with E-state index in [1.54, 1.807) is 38.3 Å². The summed E-state index contributed by atoms with van der Waals surface area (Å²) >= 11 is 0. The first kappa shape index (κ1) is 43.4. The zero-order chi connectivity index (χ0) is 44.2. The third-order valence-corrected chi connectivity index (χ3v) is 15.8. The van der Waals surface area contributed by atoms with Crippen LogP contribution in [0, 0.1) is 29.0 Å². The molecule has 3 N–H and O–H groups in total. The number of aromatic nitrogens is 1. The van der Waals surface area contributed by atoms with Crippen LogP contribution in [0.5, 0.6) is 11.6 Å². The van der Waals surface area contributed by atoms with Gasteiger partial charge in [0, 0.05) is 28.7 Å². The summed E-state index contributed by atoms with van der Waals surface area (Å²) in [6.07, 6.45) is 7.14. The van der Waals surface area contributed by atoms with Crippen LogP contribution in [0.2, 0.25) is 0 Å². The van der Waals surface area contributed by atoms with Gasteiger partial charge in [-0.1, -0.05) is 32.9 Å². The number of carbonyl (C=O) groups is 4. The number of pyridine rings is 1. The summed E-state index contributed by atoms with van der Waals surface area (Å²) in [6.45, 7) is 7.72. The Hall–Kier alpha value is -5.25. The number of nitrogens with zero attached hydrogens (tertiary/aromatic N) is 2. The van der Waals surface area contributed by atoms with E-state index in [4.69, 9.17) is 19.2 Å². The van der Waals surface area contributed by atoms with Crippen molar-refractivity contribution in [2.45, 2.75) is 114 Å². The van der Waals surface area contributed by atoms with Gasteiger partial charge < -0.3 is 29.7 Å². The van der Waals surface area contributed by atoms with Crippen molar-refractivity contribution in [1.29, 1.82) is 0 Å². The van der Waals surface area contributed by atoms with E-state index in [9.17, 15) is 27.2 Å². The largest absolute Gasteiger partial charge is 0.497 e. The lowest BCUT2D eigenvalue weighted by Crippen LogP contribution is -2.59. The predicted octanol–water partition coefficient (Wildman–Crippen LogP) is 6.18. The average Bonchev–Trinajstić information content (AvgIpc) is 4.20. The Kier molecular flexibility index (Phi) is 11.5. The van der Waals surface area contributed by atoms with E-state index in [0.717, 1.165) is 24.6 Å². The molecule has 8 rings (SSSR count). The van der Waals surface area contributed by atoms with E-state index in [2.05, 4.69) is 22.3 Å². The molecule has 0 spiro atoms. The molecule has 3 aromatic rings. The molecule has 62 heavy (non-hydrogen) atoms. The maximum atomic E-state index is 15.0. The van der Waals surface area contributed by atoms with Crippen LogP contribution in [0.15, 0.2) is 60.7 Å². The summed E-state index contributed by atoms with van der Waals surface area (Å²) in [6, 6.07) is 10.8. The lowest BCUT2D eigenvalue weighted by molar-refractivity contribution is -0.142. The van der Waals surface area contributed by atoms with Crippen molar-refractivity contribution >= 4 is 44.6 Å². The molecule has 1 saturated heterocycles. The van der Waals surface area contributed by atoms with Gasteiger partial charge in [0.1, 0.15) is 35.3 Å². The molecular formula is C46H56FN5O9S. The highest BCUT2D eigenvalue weighted by molar-refractivity contribution is 7.91. The van der Waals surface area contributed by atoms with E-state index in [0.29, 0.717) is 48.1 Å². The van der Waals surface area contributed by atoms with Crippen LogP contribution < -0.4 is 24.8 Å². The number of alkyl carbamates (subject to hydrolysis) is 1. The minimum Gasteiger partial charge on any atom is -0.497 e. The van der Waals surface area contributed by atoms with E-state index in [1.807, 2.05) is 38.1 Å². The van der Waals surface area contributed by atoms with Gasteiger partial charge in [-0.25, -0.2) is 22.6 Å². The van der Waals surface area contributed by atoms with Crippen molar-refractivity contribution in [1.82, 2.24) is 25.2 Å². The summed E-state index contributed by atoms with van der Waals surface area (Å²) in [5.74, 6) is -2.32. The number of amides is 4. The molecule has 0 bridgehead atoms. The van der Waals surface area contributed by atoms with Gasteiger partial charge in [0.05, 0.1) is 30.7 Å². The maximum absolute atomic E-state index is 15.0. The monoisotopic (exact) mass is 873 g/mol. The Balaban J connectivity index is 1.14. The fraction of sp³-hybridized carbons (Fsp3) is 0.543. The molecular weight excluding hydrogens is 818 g/mol. The number of allylic oxidation sites excluding steroid dienone is 1. The zero-order valence-electron chi connectivity index (χ0n) is 35.9. The van der Waals surface area contributed by atoms with Crippen molar-refractivity contribution in [2.24, 2.45) is 23.2 Å². The summed E-state index contributed by atoms with van der Waals surface area (Å²) in [5, 5.41) is 7.12. The Morgan fingerprint density at radius 2 is 1.76 bits per heavy atom. The van der Waals surface area contributed by atoms with E-state index in [-0.39, 0.29) is 49.1 Å². The molecule has 7 atom stereocenters. The van der Waals surface area contributed by atoms with Gasteiger partial charge in [-0.15, -0.1) is 0 Å². The molecule has 3 aliphatic carbocycles. The predicted molar refractivity (Wildman–Crippen MR) is 229 cm³/mol. The number of methoxy groups -OCH3 is 1. The molecule has 16 heteroatoms. The molecule has 2 aliphatic heterocycles. The van der Waals surface area contributed by atoms with Crippen molar-refractivity contribution < 1.29 is 46.2 Å². The number of nitrogens with one attached hydrogen (secondary N) is 3. The Bertz CT molecular complexity index is 2400. The maximum Gasteiger partial charge on any atom is 0.407 e. The number of carbonyl (C=O) groups excluding carboxylic acids is 4. The molecule has 4 fully saturated rings. The minimum absolute atomic E-state index is 0.0213. The molecule has 5 aliphatic rings. The average molecular weight is 874 g/mol. The first-order valence-electron chi connectivity index (χ1n) is 21.6. The Morgan fingerprint density at radius 3 is 2.45 bits per heavy atom. The molecule has 3 heterocycles. The van der Waals surface area contributed by atoms with Gasteiger partial charge in [-0.05, 0) is 124 Å². The number of rotatable bonds is 10. The van der Waals surface area contributed by atoms with Crippen LogP contribution in [-0.2, 0) is 29.1 Å². The molecule has 332 valence electrons. The topological polar surface area (TPSA) is 182 Å². The molecule has 2 aromatic carbocycles. The van der Waals surface area contributed by atoms with Gasteiger partial charge in [-0.3, -0.25) is 19.1 Å². The highest BCUT2D eigenvalue weighted by Gasteiger charge is 2.63. The second kappa shape index (κ2) is 16.5. The molecule has 4 amide bonds. The van der Waals surface area contributed by atoms with Crippen LogP contribution >= 0.6 is 0 Å². The third-order valence-electron chi connectivity index (χ3n) is 13.6. The fourth-order valence-electron chi connectivity index (χ4n) is 8.71. The van der Waals surface area contributed by atoms with Crippen molar-refractivity contribution in [3.05, 3.63) is 66.5 Å². The lowest BCUT2D eigenvalue weighted by atomic mass is 9.88. The third kappa shape index (κ3) is 8.98. The van der Waals surface area contributed by atoms with Gasteiger partial charge in [0.25, 0.3) is 5.91 Å². The van der Waals surface area contributed by atoms with Crippen LogP contribution in [0.1, 0.15) is 85.5 Å². The Labute approximate surface area is 361 Å². The highest BCUT2D eigenvalue weighted by atomic mass is 32.2. The number of benzene rings is 2. The van der Waals surface area contributed by atoms with Gasteiger partial charge >= 0.3 is 6.09 Å². The standard InChI is InChI=1S/C46H56FN5O9S/c1-27-8-6-7-9-31-24-46(31,42(55)51-62(57,58)45(4)18-19-45)50-39(53)37-23-34(25-52(37)41(54)38(28(2)20-27)49-43(56)60-26-44(3)16-17-44)61-40-35-15-14-33(59-5)21-30(35)22-36(48-40)29-10-12-32(47)13-11-29/h7,9-15,21-22,27-28,31,34,37-38H,6,8,16-20,23-26H2,1-5H3,(H,49,56)(H,50,53)(H,51,55)/b9-7-/t27-,28-,31-,34-,37+,38+,46-/m1/s1. The van der Waals surface area contributed by atoms with Crippen LogP contribution in [0.3, 0.4) is 0 Å². The van der Waals surface area contributed by atoms with Gasteiger partial charge in [-0.2, -0.15) is 0 Å². The number of ether oxygens (including phenoxy) is 3. The van der Waals surface area contributed by atoms with Crippen LogP contribution in [0.4, 0.5) is 9.18 Å². The summed E-state index contributed by atoms with van der Waals surface area (Å²) in [5.41, 5.74) is -0.540. The van der Waals surface area contributed by atoms with E-state index < -0.39 is 74.0 Å². The lowest BCUT2D eigenvalue weighted by Gasteiger charge is -2.32. The second-order valence-electron chi connectivity index (χ2n) is 18.9. The van der Waals surface area contributed by atoms with Crippen molar-refractivity contribution in [3.63, 3.8) is 0 Å². The number of sulfonamides is 1. The Morgan fingerprint density at radius 1 is 1.02 bits per heavy atom. The van der Waals surface area contributed by atoms with Crippen molar-refractivity contribution in [2.75, 3.05) is 20.3 Å². The molecule has 14 nitrogen and oxygen atoms in total. The quantitative estimate of drug-likeness (QED) is 0.199. The fourth-order valence-corrected chi connectivity index (χ4v) is 10.0. The van der Waals surface area contributed by atoms with Crippen LogP contribution in [-0.4, -0.2) is 90.9 Å². The number of hydrogen-bond donors (Lipinski definition) is 3. The molecule has 1 aromatic heterocycles. The van der Waals surface area contributed by atoms with E-state index >= 15 is 4.79 Å². The zero-order valence-corrected chi connectivity index (χ0v) is 36.7. The first-order valence-corrected chi connectivity index (χ1v) is 23.1. The molecule has 0 unspecified atom stereocenters. The number of fused-ring (bicyclic) bond motifs is 3. The smallest absolute Gasteiger partial charge is 0.407 e. The van der Waals surface area contributed by atoms with Crippen molar-refractivity contribution in [3.8, 4) is 22.9 Å². The van der Waals surface area contributed by atoms with E-state index in [1.165, 1.54) is 17.0 Å². The highest BCUT2D eigenvalue weighted by Crippen LogP contribution is 2.48. The second-order valence-corrected chi connectivity index (χ2v) is 21.1. The summed E-state index contributed by atoms with van der Waals surface area (Å²) < 4.78 is 59.6. The minimum atomic E-state index is -4.04. The summed E-state index contributed by atoms with van der Waals surface area (Å²) in [4.78, 5) is 63.4. The normalized spacial score (nSPS) is 29.4.